The lowest BCUT2D eigenvalue weighted by Gasteiger charge is -2.28. The lowest BCUT2D eigenvalue weighted by molar-refractivity contribution is -0.163. The van der Waals surface area contributed by atoms with E-state index < -0.39 is 5.79 Å². The number of aliphatic hydroxyl groups is 1. The van der Waals surface area contributed by atoms with Gasteiger partial charge in [-0.05, 0) is 19.4 Å². The van der Waals surface area contributed by atoms with Crippen molar-refractivity contribution in [2.24, 2.45) is 0 Å². The van der Waals surface area contributed by atoms with Gasteiger partial charge in [0.25, 0.3) is 0 Å². The van der Waals surface area contributed by atoms with Gasteiger partial charge in [0.2, 0.25) is 0 Å². The monoisotopic (exact) mass is 263 g/mol. The van der Waals surface area contributed by atoms with E-state index in [4.69, 9.17) is 9.47 Å². The van der Waals surface area contributed by atoms with Gasteiger partial charge >= 0.3 is 0 Å². The van der Waals surface area contributed by atoms with Crippen molar-refractivity contribution in [1.82, 2.24) is 4.90 Å². The third-order valence-corrected chi connectivity index (χ3v) is 3.90. The zero-order valence-electron chi connectivity index (χ0n) is 11.5. The van der Waals surface area contributed by atoms with Crippen LogP contribution in [0.2, 0.25) is 0 Å². The van der Waals surface area contributed by atoms with Gasteiger partial charge in [-0.2, -0.15) is 0 Å². The first-order chi connectivity index (χ1) is 9.09. The third-order valence-electron chi connectivity index (χ3n) is 3.90. The lowest BCUT2D eigenvalue weighted by atomic mass is 10.1. The summed E-state index contributed by atoms with van der Waals surface area (Å²) >= 11 is 0. The summed E-state index contributed by atoms with van der Waals surface area (Å²) in [5, 5.41) is 9.65. The molecule has 1 aromatic rings. The minimum Gasteiger partial charge on any atom is -0.395 e. The first-order valence-corrected chi connectivity index (χ1v) is 6.83. The smallest absolute Gasteiger partial charge is 0.163 e. The first-order valence-electron chi connectivity index (χ1n) is 6.83. The predicted molar refractivity (Wildman–Crippen MR) is 71.6 cm³/mol. The number of aliphatic hydroxyl groups excluding tert-OH is 1. The second kappa shape index (κ2) is 4.87. The Morgan fingerprint density at radius 3 is 2.68 bits per heavy atom. The maximum absolute atomic E-state index is 9.65. The summed E-state index contributed by atoms with van der Waals surface area (Å²) in [5.41, 5.74) is 1.25. The molecule has 3 rings (SSSR count). The van der Waals surface area contributed by atoms with Crippen LogP contribution in [0, 0.1) is 0 Å². The van der Waals surface area contributed by atoms with Crippen molar-refractivity contribution in [2.75, 3.05) is 13.2 Å². The molecule has 0 unspecified atom stereocenters. The maximum Gasteiger partial charge on any atom is 0.163 e. The second-order valence-electron chi connectivity index (χ2n) is 5.80. The molecule has 0 amide bonds. The summed E-state index contributed by atoms with van der Waals surface area (Å²) in [6, 6.07) is 10.3. The molecule has 1 aromatic carbocycles. The van der Waals surface area contributed by atoms with E-state index in [0.717, 1.165) is 13.1 Å². The molecule has 19 heavy (non-hydrogen) atoms. The zero-order valence-corrected chi connectivity index (χ0v) is 11.5. The van der Waals surface area contributed by atoms with Crippen molar-refractivity contribution >= 4 is 0 Å². The fraction of sp³-hybridized carbons (Fsp3) is 0.600. The van der Waals surface area contributed by atoms with Crippen LogP contribution in [0.5, 0.6) is 0 Å². The molecule has 0 saturated carbocycles. The van der Waals surface area contributed by atoms with Crippen LogP contribution in [0.1, 0.15) is 19.4 Å². The number of likely N-dealkylation sites (tertiary alicyclic amines) is 1. The molecule has 3 atom stereocenters. The molecule has 4 heteroatoms. The Labute approximate surface area is 113 Å². The van der Waals surface area contributed by atoms with Crippen LogP contribution in [0.3, 0.4) is 0 Å². The Bertz CT molecular complexity index is 434. The number of ether oxygens (including phenoxy) is 2. The zero-order chi connectivity index (χ0) is 13.5. The highest BCUT2D eigenvalue weighted by molar-refractivity contribution is 5.15. The van der Waals surface area contributed by atoms with Gasteiger partial charge in [-0.3, -0.25) is 4.90 Å². The van der Waals surface area contributed by atoms with Crippen LogP contribution in [0.15, 0.2) is 30.3 Å². The quantitative estimate of drug-likeness (QED) is 0.894. The number of fused-ring (bicyclic) bond motifs is 1. The number of rotatable bonds is 3. The highest BCUT2D eigenvalue weighted by atomic mass is 16.8. The van der Waals surface area contributed by atoms with E-state index in [2.05, 4.69) is 17.0 Å². The molecule has 0 aromatic heterocycles. The van der Waals surface area contributed by atoms with E-state index in [1.54, 1.807) is 0 Å². The molecule has 4 nitrogen and oxygen atoms in total. The summed E-state index contributed by atoms with van der Waals surface area (Å²) in [4.78, 5) is 2.25. The van der Waals surface area contributed by atoms with Gasteiger partial charge in [-0.15, -0.1) is 0 Å². The molecule has 2 saturated heterocycles. The topological polar surface area (TPSA) is 41.9 Å². The van der Waals surface area contributed by atoms with Gasteiger partial charge in [0.15, 0.2) is 5.79 Å². The fourth-order valence-corrected chi connectivity index (χ4v) is 3.12. The molecule has 2 aliphatic rings. The molecule has 0 aliphatic carbocycles. The molecule has 0 radical (unpaired) electrons. The van der Waals surface area contributed by atoms with E-state index in [0.29, 0.717) is 0 Å². The minimum atomic E-state index is -0.526. The van der Waals surface area contributed by atoms with E-state index in [-0.39, 0.29) is 24.9 Å². The van der Waals surface area contributed by atoms with Gasteiger partial charge in [-0.25, -0.2) is 0 Å². The van der Waals surface area contributed by atoms with Crippen LogP contribution < -0.4 is 0 Å². The van der Waals surface area contributed by atoms with E-state index in [1.807, 2.05) is 32.0 Å². The van der Waals surface area contributed by atoms with Crippen LogP contribution in [0.4, 0.5) is 0 Å². The summed E-state index contributed by atoms with van der Waals surface area (Å²) in [7, 11) is 0. The average molecular weight is 263 g/mol. The SMILES string of the molecule is CC1(C)O[C@H]2[C@@H](CO)N(Cc3ccccc3)C[C@H]2O1. The van der Waals surface area contributed by atoms with Crippen LogP contribution >= 0.6 is 0 Å². The van der Waals surface area contributed by atoms with Crippen LogP contribution in [-0.4, -0.2) is 47.2 Å². The van der Waals surface area contributed by atoms with E-state index in [9.17, 15) is 5.11 Å². The van der Waals surface area contributed by atoms with E-state index in [1.165, 1.54) is 5.56 Å². The minimum absolute atomic E-state index is 0.0204. The van der Waals surface area contributed by atoms with Crippen molar-refractivity contribution in [3.05, 3.63) is 35.9 Å². The van der Waals surface area contributed by atoms with Crippen LogP contribution in [-0.2, 0) is 16.0 Å². The van der Waals surface area contributed by atoms with Crippen molar-refractivity contribution in [3.63, 3.8) is 0 Å². The fourth-order valence-electron chi connectivity index (χ4n) is 3.12. The molecule has 104 valence electrons. The molecule has 0 spiro atoms. The van der Waals surface area contributed by atoms with Crippen molar-refractivity contribution < 1.29 is 14.6 Å². The number of benzene rings is 1. The maximum atomic E-state index is 9.65. The Morgan fingerprint density at radius 1 is 1.26 bits per heavy atom. The number of hydrogen-bond acceptors (Lipinski definition) is 4. The van der Waals surface area contributed by atoms with Crippen molar-refractivity contribution in [1.29, 1.82) is 0 Å². The molecule has 0 bridgehead atoms. The summed E-state index contributed by atoms with van der Waals surface area (Å²) < 4.78 is 11.8. The van der Waals surface area contributed by atoms with Crippen LogP contribution in [0.25, 0.3) is 0 Å². The predicted octanol–water partition coefficient (Wildman–Crippen LogP) is 1.38. The lowest BCUT2D eigenvalue weighted by Crippen LogP contribution is -2.40. The molecular formula is C15H21NO3. The normalized spacial score (nSPS) is 33.5. The van der Waals surface area contributed by atoms with Gasteiger partial charge in [-0.1, -0.05) is 30.3 Å². The largest absolute Gasteiger partial charge is 0.395 e. The van der Waals surface area contributed by atoms with Gasteiger partial charge in [0.1, 0.15) is 12.2 Å². The van der Waals surface area contributed by atoms with Crippen molar-refractivity contribution in [3.8, 4) is 0 Å². The summed E-state index contributed by atoms with van der Waals surface area (Å²) in [6.07, 6.45) is 0.0413. The summed E-state index contributed by atoms with van der Waals surface area (Å²) in [5.74, 6) is -0.526. The Kier molecular flexibility index (Phi) is 3.35. The highest BCUT2D eigenvalue weighted by Gasteiger charge is 2.51. The molecular weight excluding hydrogens is 242 g/mol. The Hall–Kier alpha value is -0.940. The summed E-state index contributed by atoms with van der Waals surface area (Å²) in [6.45, 7) is 5.61. The second-order valence-corrected chi connectivity index (χ2v) is 5.80. The van der Waals surface area contributed by atoms with Gasteiger partial charge < -0.3 is 14.6 Å². The molecule has 2 fully saturated rings. The molecule has 2 aliphatic heterocycles. The Balaban J connectivity index is 1.72. The third kappa shape index (κ3) is 2.54. The van der Waals surface area contributed by atoms with Gasteiger partial charge in [0.05, 0.1) is 12.6 Å². The first kappa shape index (κ1) is 13.1. The van der Waals surface area contributed by atoms with E-state index >= 15 is 0 Å². The highest BCUT2D eigenvalue weighted by Crippen LogP contribution is 2.37. The van der Waals surface area contributed by atoms with Gasteiger partial charge in [0, 0.05) is 13.1 Å². The van der Waals surface area contributed by atoms with Crippen molar-refractivity contribution in [2.45, 2.75) is 44.4 Å². The standard InChI is InChI=1S/C15H21NO3/c1-15(2)18-13-9-16(12(10-17)14(13)19-15)8-11-6-4-3-5-7-11/h3-7,12-14,17H,8-10H2,1-2H3/t12-,13-,14+/m1/s1. The average Bonchev–Trinajstić information content (AvgIpc) is 2.81. The molecule has 1 N–H and O–H groups in total. The number of hydrogen-bond donors (Lipinski definition) is 1. The number of nitrogens with zero attached hydrogens (tertiary/aromatic N) is 1. The molecule has 2 heterocycles. The Morgan fingerprint density at radius 2 is 2.00 bits per heavy atom.